The monoisotopic (exact) mass is 322 g/mol. The lowest BCUT2D eigenvalue weighted by Gasteiger charge is -2.13. The number of aromatic amines is 2. The fraction of sp³-hybridized carbons (Fsp3) is 0.308. The zero-order chi connectivity index (χ0) is 17.1. The highest BCUT2D eigenvalue weighted by Gasteiger charge is 2.17. The van der Waals surface area contributed by atoms with Crippen molar-refractivity contribution in [1.82, 2.24) is 15.3 Å². The van der Waals surface area contributed by atoms with Crippen LogP contribution in [0.5, 0.6) is 0 Å². The maximum absolute atomic E-state index is 11.5. The van der Waals surface area contributed by atoms with Crippen LogP contribution in [0.25, 0.3) is 11.0 Å². The number of rotatable bonds is 6. The van der Waals surface area contributed by atoms with E-state index in [-0.39, 0.29) is 23.3 Å². The molecule has 1 aromatic heterocycles. The van der Waals surface area contributed by atoms with Gasteiger partial charge in [-0.05, 0) is 12.0 Å². The molecular formula is C13H14N4O6. The van der Waals surface area contributed by atoms with Gasteiger partial charge in [-0.1, -0.05) is 6.92 Å². The molecule has 122 valence electrons. The van der Waals surface area contributed by atoms with Gasteiger partial charge < -0.3 is 20.4 Å². The largest absolute Gasteiger partial charge is 0.480 e. The minimum Gasteiger partial charge on any atom is -0.480 e. The van der Waals surface area contributed by atoms with Crippen molar-refractivity contribution in [2.24, 2.45) is 0 Å². The van der Waals surface area contributed by atoms with E-state index in [9.17, 15) is 24.5 Å². The molecule has 10 nitrogen and oxygen atoms in total. The van der Waals surface area contributed by atoms with Crippen LogP contribution in [-0.2, 0) is 11.3 Å². The normalized spacial score (nSPS) is 12.2. The van der Waals surface area contributed by atoms with E-state index < -0.39 is 28.1 Å². The number of carboxylic acids is 1. The number of carboxylic acid groups (broad SMARTS) is 1. The third kappa shape index (κ3) is 3.43. The summed E-state index contributed by atoms with van der Waals surface area (Å²) < 4.78 is 0. The molecule has 0 radical (unpaired) electrons. The van der Waals surface area contributed by atoms with Crippen LogP contribution >= 0.6 is 0 Å². The highest BCUT2D eigenvalue weighted by atomic mass is 16.6. The number of hydrogen-bond acceptors (Lipinski definition) is 6. The number of nitro groups is 1. The third-order valence-corrected chi connectivity index (χ3v) is 3.35. The lowest BCUT2D eigenvalue weighted by molar-refractivity contribution is -0.384. The summed E-state index contributed by atoms with van der Waals surface area (Å²) in [4.78, 5) is 48.8. The minimum absolute atomic E-state index is 0.0228. The first-order chi connectivity index (χ1) is 10.8. The molecule has 23 heavy (non-hydrogen) atoms. The van der Waals surface area contributed by atoms with Crippen LogP contribution in [0.15, 0.2) is 21.7 Å². The van der Waals surface area contributed by atoms with E-state index in [0.29, 0.717) is 12.0 Å². The molecule has 4 N–H and O–H groups in total. The highest BCUT2D eigenvalue weighted by Crippen LogP contribution is 2.21. The Morgan fingerprint density at radius 3 is 2.57 bits per heavy atom. The van der Waals surface area contributed by atoms with Gasteiger partial charge in [-0.2, -0.15) is 0 Å². The van der Waals surface area contributed by atoms with Crippen molar-refractivity contribution in [3.63, 3.8) is 0 Å². The SMILES string of the molecule is CCC(NCc1cc([N+](=O)[O-])cc2[nH]c(=O)c(=O)[nH]c12)C(=O)O. The topological polar surface area (TPSA) is 158 Å². The molecule has 2 aromatic rings. The molecule has 0 fully saturated rings. The Hall–Kier alpha value is -3.01. The number of non-ortho nitro benzene ring substituents is 1. The van der Waals surface area contributed by atoms with Gasteiger partial charge in [0.05, 0.1) is 16.0 Å². The van der Waals surface area contributed by atoms with Crippen molar-refractivity contribution < 1.29 is 14.8 Å². The Morgan fingerprint density at radius 1 is 1.35 bits per heavy atom. The highest BCUT2D eigenvalue weighted by molar-refractivity contribution is 5.80. The lowest BCUT2D eigenvalue weighted by Crippen LogP contribution is -2.36. The van der Waals surface area contributed by atoms with Crippen LogP contribution in [0.3, 0.4) is 0 Å². The number of H-pyrrole nitrogens is 2. The molecule has 1 heterocycles. The van der Waals surface area contributed by atoms with Crippen LogP contribution in [0.2, 0.25) is 0 Å². The molecule has 0 saturated carbocycles. The fourth-order valence-electron chi connectivity index (χ4n) is 2.17. The van der Waals surface area contributed by atoms with Crippen LogP contribution in [0.1, 0.15) is 18.9 Å². The first-order valence-electron chi connectivity index (χ1n) is 6.73. The van der Waals surface area contributed by atoms with E-state index in [1.807, 2.05) is 0 Å². The van der Waals surface area contributed by atoms with Gasteiger partial charge in [0.25, 0.3) is 5.69 Å². The van der Waals surface area contributed by atoms with Gasteiger partial charge in [-0.25, -0.2) is 0 Å². The smallest absolute Gasteiger partial charge is 0.320 e. The van der Waals surface area contributed by atoms with Crippen molar-refractivity contribution in [2.75, 3.05) is 0 Å². The van der Waals surface area contributed by atoms with Crippen molar-refractivity contribution in [1.29, 1.82) is 0 Å². The third-order valence-electron chi connectivity index (χ3n) is 3.35. The number of hydrogen-bond donors (Lipinski definition) is 4. The molecule has 10 heteroatoms. The van der Waals surface area contributed by atoms with E-state index in [2.05, 4.69) is 15.3 Å². The summed E-state index contributed by atoms with van der Waals surface area (Å²) in [5, 5.41) is 22.7. The van der Waals surface area contributed by atoms with Gasteiger partial charge in [0.1, 0.15) is 6.04 Å². The van der Waals surface area contributed by atoms with Gasteiger partial charge >= 0.3 is 17.1 Å². The number of aromatic nitrogens is 2. The number of carbonyl (C=O) groups is 1. The van der Waals surface area contributed by atoms with E-state index >= 15 is 0 Å². The van der Waals surface area contributed by atoms with Crippen LogP contribution in [-0.4, -0.2) is 32.0 Å². The Morgan fingerprint density at radius 2 is 2.00 bits per heavy atom. The minimum atomic E-state index is -1.05. The Balaban J connectivity index is 2.53. The zero-order valence-electron chi connectivity index (χ0n) is 12.1. The van der Waals surface area contributed by atoms with Gasteiger partial charge in [-0.15, -0.1) is 0 Å². The van der Waals surface area contributed by atoms with Gasteiger partial charge in [0.2, 0.25) is 0 Å². The van der Waals surface area contributed by atoms with Crippen LogP contribution in [0, 0.1) is 10.1 Å². The van der Waals surface area contributed by atoms with Gasteiger partial charge in [0.15, 0.2) is 0 Å². The molecule has 0 aliphatic heterocycles. The van der Waals surface area contributed by atoms with Gasteiger partial charge in [0, 0.05) is 18.7 Å². The van der Waals surface area contributed by atoms with Crippen LogP contribution in [0.4, 0.5) is 5.69 Å². The second-order valence-electron chi connectivity index (χ2n) is 4.87. The Labute approximate surface area is 128 Å². The number of benzene rings is 1. The molecule has 1 atom stereocenters. The molecule has 0 saturated heterocycles. The van der Waals surface area contributed by atoms with Crippen LogP contribution < -0.4 is 16.4 Å². The van der Waals surface area contributed by atoms with Crippen molar-refractivity contribution in [3.05, 3.63) is 48.5 Å². The number of nitro benzene ring substituents is 1. The summed E-state index contributed by atoms with van der Waals surface area (Å²) in [6.45, 7) is 1.65. The molecule has 0 aliphatic rings. The summed E-state index contributed by atoms with van der Waals surface area (Å²) in [6, 6.07) is 1.52. The predicted molar refractivity (Wildman–Crippen MR) is 80.4 cm³/mol. The lowest BCUT2D eigenvalue weighted by atomic mass is 10.1. The summed E-state index contributed by atoms with van der Waals surface area (Å²) in [6.07, 6.45) is 0.315. The number of fused-ring (bicyclic) bond motifs is 1. The average molecular weight is 322 g/mol. The number of nitrogens with zero attached hydrogens (tertiary/aromatic N) is 1. The molecule has 0 aliphatic carbocycles. The Bertz CT molecular complexity index is 884. The maximum Gasteiger partial charge on any atom is 0.320 e. The van der Waals surface area contributed by atoms with E-state index in [1.54, 1.807) is 6.92 Å². The molecule has 0 spiro atoms. The van der Waals surface area contributed by atoms with E-state index in [0.717, 1.165) is 6.07 Å². The quantitative estimate of drug-likeness (QED) is 0.333. The zero-order valence-corrected chi connectivity index (χ0v) is 12.1. The number of aliphatic carboxylic acids is 1. The molecule has 1 aromatic carbocycles. The number of nitrogens with one attached hydrogen (secondary N) is 3. The Kier molecular flexibility index (Phi) is 4.55. The average Bonchev–Trinajstić information content (AvgIpc) is 2.48. The molecule has 1 unspecified atom stereocenters. The van der Waals surface area contributed by atoms with Gasteiger partial charge in [-0.3, -0.25) is 24.5 Å². The van der Waals surface area contributed by atoms with E-state index in [1.165, 1.54) is 6.07 Å². The van der Waals surface area contributed by atoms with E-state index in [4.69, 9.17) is 5.11 Å². The standard InChI is InChI=1S/C13H14N4O6/c1-2-8(13(20)21)14-5-6-3-7(17(22)23)4-9-10(6)16-12(19)11(18)15-9/h3-4,8,14H,2,5H2,1H3,(H,15,18)(H,16,19)(H,20,21). The van der Waals surface area contributed by atoms with Crippen molar-refractivity contribution >= 4 is 22.7 Å². The molecule has 0 bridgehead atoms. The second-order valence-corrected chi connectivity index (χ2v) is 4.87. The molecular weight excluding hydrogens is 308 g/mol. The summed E-state index contributed by atoms with van der Waals surface area (Å²) in [7, 11) is 0. The predicted octanol–water partition coefficient (Wildman–Crippen LogP) is 0.0774. The first kappa shape index (κ1) is 16.4. The first-order valence-corrected chi connectivity index (χ1v) is 6.73. The summed E-state index contributed by atoms with van der Waals surface area (Å²) in [5.74, 6) is -1.05. The molecule has 2 rings (SSSR count). The maximum atomic E-state index is 11.5. The molecule has 0 amide bonds. The second kappa shape index (κ2) is 6.40. The van der Waals surface area contributed by atoms with Crippen molar-refractivity contribution in [2.45, 2.75) is 25.9 Å². The summed E-state index contributed by atoms with van der Waals surface area (Å²) in [5.41, 5.74) is -1.47. The summed E-state index contributed by atoms with van der Waals surface area (Å²) >= 11 is 0. The van der Waals surface area contributed by atoms with Crippen molar-refractivity contribution in [3.8, 4) is 0 Å². The fourth-order valence-corrected chi connectivity index (χ4v) is 2.17.